The lowest BCUT2D eigenvalue weighted by Crippen LogP contribution is -2.42. The highest BCUT2D eigenvalue weighted by atomic mass is 35.5. The number of thiophene rings is 1. The van der Waals surface area contributed by atoms with E-state index in [2.05, 4.69) is 22.3 Å². The lowest BCUT2D eigenvalue weighted by atomic mass is 10.0. The fourth-order valence-electron chi connectivity index (χ4n) is 3.94. The Bertz CT molecular complexity index is 1180. The summed E-state index contributed by atoms with van der Waals surface area (Å²) in [5.74, 6) is -0.271. The van der Waals surface area contributed by atoms with Gasteiger partial charge >= 0.3 is 5.97 Å². The van der Waals surface area contributed by atoms with Crippen LogP contribution in [0.1, 0.15) is 40.2 Å². The van der Waals surface area contributed by atoms with Crippen LogP contribution in [-0.2, 0) is 29.0 Å². The highest BCUT2D eigenvalue weighted by molar-refractivity contribution is 7.17. The average Bonchev–Trinajstić information content (AvgIpc) is 3.17. The van der Waals surface area contributed by atoms with Crippen LogP contribution in [0.4, 0.5) is 5.00 Å². The van der Waals surface area contributed by atoms with E-state index in [0.717, 1.165) is 23.5 Å². The summed E-state index contributed by atoms with van der Waals surface area (Å²) >= 11 is 7.36. The van der Waals surface area contributed by atoms with E-state index in [9.17, 15) is 9.59 Å². The fraction of sp³-hybridized carbons (Fsp3) is 0.308. The van der Waals surface area contributed by atoms with Gasteiger partial charge in [0.1, 0.15) is 10.8 Å². The average molecular weight is 535 g/mol. The molecule has 0 unspecified atom stereocenters. The van der Waals surface area contributed by atoms with Crippen LogP contribution >= 0.6 is 35.3 Å². The molecule has 1 aromatic heterocycles. The van der Waals surface area contributed by atoms with Gasteiger partial charge in [-0.05, 0) is 55.7 Å². The van der Waals surface area contributed by atoms with Gasteiger partial charge in [0.25, 0.3) is 5.91 Å². The van der Waals surface area contributed by atoms with Gasteiger partial charge in [-0.15, -0.1) is 23.7 Å². The number of hydrogen-bond donors (Lipinski definition) is 1. The summed E-state index contributed by atoms with van der Waals surface area (Å²) in [6.45, 7) is 5.73. The van der Waals surface area contributed by atoms with Crippen molar-refractivity contribution in [2.24, 2.45) is 0 Å². The molecular weight excluding hydrogens is 507 g/mol. The number of carbonyl (C=O) groups excluding carboxylic acids is 2. The van der Waals surface area contributed by atoms with Crippen molar-refractivity contribution in [2.75, 3.05) is 19.0 Å². The predicted octanol–water partition coefficient (Wildman–Crippen LogP) is 5.96. The third kappa shape index (κ3) is 6.35. The van der Waals surface area contributed by atoms with Gasteiger partial charge in [0.2, 0.25) is 0 Å². The summed E-state index contributed by atoms with van der Waals surface area (Å²) in [5, 5.41) is 4.01. The first kappa shape index (κ1) is 27.0. The quantitative estimate of drug-likeness (QED) is 0.378. The zero-order valence-corrected chi connectivity index (χ0v) is 22.2. The lowest BCUT2D eigenvalue weighted by Gasteiger charge is -2.27. The van der Waals surface area contributed by atoms with Crippen molar-refractivity contribution in [3.05, 3.63) is 81.2 Å². The first-order valence-corrected chi connectivity index (χ1v) is 12.2. The summed E-state index contributed by atoms with van der Waals surface area (Å²) in [6.07, 6.45) is 0.712. The molecule has 1 N–H and O–H groups in total. The molecular formula is C26H28Cl2N2O4S. The minimum atomic E-state index is -1.18. The molecule has 186 valence electrons. The van der Waals surface area contributed by atoms with Gasteiger partial charge in [-0.3, -0.25) is 9.69 Å². The fourth-order valence-corrected chi connectivity index (χ4v) is 5.34. The van der Waals surface area contributed by atoms with Gasteiger partial charge in [-0.1, -0.05) is 41.9 Å². The molecule has 4 rings (SSSR count). The first-order valence-electron chi connectivity index (χ1n) is 11.0. The highest BCUT2D eigenvalue weighted by Gasteiger charge is 2.34. The molecule has 0 aliphatic carbocycles. The van der Waals surface area contributed by atoms with E-state index in [1.807, 2.05) is 18.2 Å². The zero-order chi connectivity index (χ0) is 24.3. The second-order valence-corrected chi connectivity index (χ2v) is 10.2. The molecule has 0 fully saturated rings. The molecule has 35 heavy (non-hydrogen) atoms. The molecule has 1 aliphatic heterocycles. The van der Waals surface area contributed by atoms with Crippen molar-refractivity contribution in [1.29, 1.82) is 0 Å². The number of nitrogens with one attached hydrogen (secondary N) is 1. The summed E-state index contributed by atoms with van der Waals surface area (Å²) in [5.41, 5.74) is 1.46. The van der Waals surface area contributed by atoms with Crippen LogP contribution in [-0.4, -0.2) is 36.0 Å². The van der Waals surface area contributed by atoms with Crippen LogP contribution in [0.25, 0.3) is 0 Å². The van der Waals surface area contributed by atoms with E-state index in [1.54, 1.807) is 38.1 Å². The molecule has 0 saturated heterocycles. The van der Waals surface area contributed by atoms with Crippen LogP contribution in [0.5, 0.6) is 5.75 Å². The third-order valence-corrected chi connectivity index (χ3v) is 7.12. The number of fused-ring (bicyclic) bond motifs is 1. The van der Waals surface area contributed by atoms with Gasteiger partial charge in [0.15, 0.2) is 5.60 Å². The molecule has 2 aromatic carbocycles. The Balaban J connectivity index is 0.00000342. The van der Waals surface area contributed by atoms with E-state index in [0.29, 0.717) is 34.3 Å². The molecule has 0 radical (unpaired) electrons. The number of hydrogen-bond acceptors (Lipinski definition) is 6. The summed E-state index contributed by atoms with van der Waals surface area (Å²) < 4.78 is 11.0. The van der Waals surface area contributed by atoms with E-state index in [4.69, 9.17) is 21.1 Å². The molecule has 2 heterocycles. The normalized spacial score (nSPS) is 13.4. The van der Waals surface area contributed by atoms with Crippen molar-refractivity contribution < 1.29 is 19.1 Å². The Kier molecular flexibility index (Phi) is 8.83. The number of rotatable bonds is 7. The topological polar surface area (TPSA) is 67.9 Å². The van der Waals surface area contributed by atoms with Crippen LogP contribution < -0.4 is 10.1 Å². The number of carbonyl (C=O) groups is 2. The second kappa shape index (κ2) is 11.4. The maximum atomic E-state index is 13.2. The van der Waals surface area contributed by atoms with Crippen molar-refractivity contribution >= 4 is 52.2 Å². The Labute approximate surface area is 220 Å². The number of halogens is 2. The zero-order valence-electron chi connectivity index (χ0n) is 19.8. The molecule has 0 atom stereocenters. The molecule has 9 heteroatoms. The number of nitrogens with zero attached hydrogens (tertiary/aromatic N) is 1. The first-order chi connectivity index (χ1) is 16.3. The van der Waals surface area contributed by atoms with Gasteiger partial charge in [-0.25, -0.2) is 4.79 Å². The largest absolute Gasteiger partial charge is 0.478 e. The molecule has 0 saturated carbocycles. The number of esters is 1. The van der Waals surface area contributed by atoms with E-state index in [1.165, 1.54) is 24.0 Å². The van der Waals surface area contributed by atoms with Gasteiger partial charge in [0, 0.05) is 29.5 Å². The second-order valence-electron chi connectivity index (χ2n) is 8.67. The predicted molar refractivity (Wildman–Crippen MR) is 142 cm³/mol. The number of anilines is 1. The Hall–Kier alpha value is -2.58. The van der Waals surface area contributed by atoms with Crippen LogP contribution in [0.2, 0.25) is 5.02 Å². The minimum absolute atomic E-state index is 0. The minimum Gasteiger partial charge on any atom is -0.478 e. The SMILES string of the molecule is COC(=O)c1c(NC(=O)C(C)(C)Oc2ccc(Cl)cc2)sc2c1CCN(Cc1ccccc1)C2.Cl. The Morgan fingerprint density at radius 2 is 1.80 bits per heavy atom. The summed E-state index contributed by atoms with van der Waals surface area (Å²) in [6, 6.07) is 17.1. The molecule has 0 spiro atoms. The van der Waals surface area contributed by atoms with Crippen molar-refractivity contribution in [3.8, 4) is 5.75 Å². The molecule has 3 aromatic rings. The maximum Gasteiger partial charge on any atom is 0.341 e. The van der Waals surface area contributed by atoms with E-state index >= 15 is 0 Å². The summed E-state index contributed by atoms with van der Waals surface area (Å²) in [7, 11) is 1.36. The molecule has 1 amide bonds. The smallest absolute Gasteiger partial charge is 0.341 e. The molecule has 1 aliphatic rings. The number of methoxy groups -OCH3 is 1. The van der Waals surface area contributed by atoms with Crippen LogP contribution in [0.3, 0.4) is 0 Å². The molecule has 6 nitrogen and oxygen atoms in total. The Morgan fingerprint density at radius 3 is 2.46 bits per heavy atom. The van der Waals surface area contributed by atoms with Crippen molar-refractivity contribution in [1.82, 2.24) is 4.90 Å². The maximum absolute atomic E-state index is 13.2. The monoisotopic (exact) mass is 534 g/mol. The van der Waals surface area contributed by atoms with Gasteiger partial charge in [0.05, 0.1) is 12.7 Å². The van der Waals surface area contributed by atoms with Crippen LogP contribution in [0.15, 0.2) is 54.6 Å². The van der Waals surface area contributed by atoms with E-state index < -0.39 is 11.6 Å². The Morgan fingerprint density at radius 1 is 1.11 bits per heavy atom. The highest BCUT2D eigenvalue weighted by Crippen LogP contribution is 2.38. The lowest BCUT2D eigenvalue weighted by molar-refractivity contribution is -0.128. The number of benzene rings is 2. The van der Waals surface area contributed by atoms with E-state index in [-0.39, 0.29) is 18.3 Å². The molecule has 0 bridgehead atoms. The van der Waals surface area contributed by atoms with Gasteiger partial charge in [-0.2, -0.15) is 0 Å². The number of amides is 1. The van der Waals surface area contributed by atoms with Crippen molar-refractivity contribution in [2.45, 2.75) is 39.0 Å². The van der Waals surface area contributed by atoms with Gasteiger partial charge < -0.3 is 14.8 Å². The summed E-state index contributed by atoms with van der Waals surface area (Å²) in [4.78, 5) is 29.2. The van der Waals surface area contributed by atoms with Crippen molar-refractivity contribution in [3.63, 3.8) is 0 Å². The third-order valence-electron chi connectivity index (χ3n) is 5.73. The number of ether oxygens (including phenoxy) is 2. The van der Waals surface area contributed by atoms with Crippen LogP contribution in [0, 0.1) is 0 Å². The standard InChI is InChI=1S/C26H27ClN2O4S.ClH/c1-26(2,33-19-11-9-18(27)10-12-19)25(31)28-23-22(24(30)32-3)20-13-14-29(16-21(20)34-23)15-17-7-5-4-6-8-17;/h4-12H,13-16H2,1-3H3,(H,28,31);1H.